The third-order valence-electron chi connectivity index (χ3n) is 2.65. The number of carbonyl (C=O) groups is 1. The van der Waals surface area contributed by atoms with Gasteiger partial charge in [-0.3, -0.25) is 4.79 Å². The average Bonchev–Trinajstić information content (AvgIpc) is 2.30. The molecule has 0 unspecified atom stereocenters. The van der Waals surface area contributed by atoms with Gasteiger partial charge in [0.15, 0.2) is 0 Å². The first kappa shape index (κ1) is 12.8. The van der Waals surface area contributed by atoms with Crippen LogP contribution in [0.2, 0.25) is 5.02 Å². The monoisotopic (exact) mass is 262 g/mol. The lowest BCUT2D eigenvalue weighted by Crippen LogP contribution is -1.95. The minimum Gasteiger partial charge on any atom is -0.300 e. The van der Waals surface area contributed by atoms with Gasteiger partial charge in [0.05, 0.1) is 5.02 Å². The zero-order chi connectivity index (χ0) is 13.1. The molecular formula is C15H12ClFO. The number of hydrogen-bond acceptors (Lipinski definition) is 1. The lowest BCUT2D eigenvalue weighted by molar-refractivity contribution is -0.116. The molecule has 0 aliphatic rings. The van der Waals surface area contributed by atoms with Crippen molar-refractivity contribution in [3.63, 3.8) is 0 Å². The maximum atomic E-state index is 12.9. The van der Waals surface area contributed by atoms with Crippen molar-refractivity contribution < 1.29 is 9.18 Å². The topological polar surface area (TPSA) is 17.1 Å². The van der Waals surface area contributed by atoms with Crippen LogP contribution in [0.25, 0.3) is 11.1 Å². The first-order chi connectivity index (χ1) is 8.56. The summed E-state index contributed by atoms with van der Waals surface area (Å²) < 4.78 is 12.9. The second-order valence-electron chi connectivity index (χ2n) is 4.20. The molecule has 0 bridgehead atoms. The van der Waals surface area contributed by atoms with Crippen molar-refractivity contribution in [3.05, 3.63) is 58.9 Å². The van der Waals surface area contributed by atoms with Gasteiger partial charge in [-0.1, -0.05) is 35.9 Å². The van der Waals surface area contributed by atoms with Gasteiger partial charge in [-0.05, 0) is 36.2 Å². The number of hydrogen-bond donors (Lipinski definition) is 0. The molecule has 1 nitrogen and oxygen atoms in total. The molecule has 0 N–H and O–H groups in total. The Balaban J connectivity index is 2.31. The number of halogens is 2. The van der Waals surface area contributed by atoms with Gasteiger partial charge in [0, 0.05) is 12.0 Å². The van der Waals surface area contributed by atoms with E-state index >= 15 is 0 Å². The van der Waals surface area contributed by atoms with E-state index in [0.29, 0.717) is 11.4 Å². The van der Waals surface area contributed by atoms with Crippen molar-refractivity contribution in [2.24, 2.45) is 0 Å². The van der Waals surface area contributed by atoms with Crippen molar-refractivity contribution in [1.29, 1.82) is 0 Å². The van der Waals surface area contributed by atoms with Crippen molar-refractivity contribution in [1.82, 2.24) is 0 Å². The molecular weight excluding hydrogens is 251 g/mol. The summed E-state index contributed by atoms with van der Waals surface area (Å²) in [7, 11) is 0. The molecule has 0 aromatic heterocycles. The highest BCUT2D eigenvalue weighted by Gasteiger charge is 2.05. The van der Waals surface area contributed by atoms with Crippen LogP contribution in [0.5, 0.6) is 0 Å². The summed E-state index contributed by atoms with van der Waals surface area (Å²) >= 11 is 5.99. The molecule has 0 radical (unpaired) electrons. The number of carbonyl (C=O) groups excluding carboxylic acids is 1. The Morgan fingerprint density at radius 3 is 2.39 bits per heavy atom. The zero-order valence-electron chi connectivity index (χ0n) is 9.91. The normalized spacial score (nSPS) is 10.4. The van der Waals surface area contributed by atoms with Crippen molar-refractivity contribution in [3.8, 4) is 11.1 Å². The van der Waals surface area contributed by atoms with Crippen LogP contribution in [-0.2, 0) is 11.2 Å². The lowest BCUT2D eigenvalue weighted by Gasteiger charge is -2.06. The molecule has 0 spiro atoms. The van der Waals surface area contributed by atoms with Crippen LogP contribution in [-0.4, -0.2) is 5.78 Å². The van der Waals surface area contributed by atoms with E-state index in [0.717, 1.165) is 16.7 Å². The van der Waals surface area contributed by atoms with Gasteiger partial charge in [-0.15, -0.1) is 0 Å². The molecule has 0 heterocycles. The quantitative estimate of drug-likeness (QED) is 0.807. The number of benzene rings is 2. The zero-order valence-corrected chi connectivity index (χ0v) is 10.7. The Morgan fingerprint density at radius 1 is 1.17 bits per heavy atom. The highest BCUT2D eigenvalue weighted by Crippen LogP contribution is 2.28. The predicted octanol–water partition coefficient (Wildman–Crippen LogP) is 4.28. The third-order valence-corrected chi connectivity index (χ3v) is 2.96. The van der Waals surface area contributed by atoms with E-state index in [2.05, 4.69) is 0 Å². The van der Waals surface area contributed by atoms with Crippen LogP contribution < -0.4 is 0 Å². The molecule has 0 amide bonds. The molecule has 0 saturated carbocycles. The first-order valence-electron chi connectivity index (χ1n) is 5.60. The van der Waals surface area contributed by atoms with Crippen LogP contribution in [0.1, 0.15) is 12.5 Å². The molecule has 18 heavy (non-hydrogen) atoms. The lowest BCUT2D eigenvalue weighted by atomic mass is 10.0. The molecule has 0 aliphatic carbocycles. The van der Waals surface area contributed by atoms with E-state index in [-0.39, 0.29) is 11.6 Å². The molecule has 0 atom stereocenters. The Labute approximate surface area is 110 Å². The molecule has 0 fully saturated rings. The first-order valence-corrected chi connectivity index (χ1v) is 5.98. The number of rotatable bonds is 3. The molecule has 0 saturated heterocycles. The van der Waals surface area contributed by atoms with Gasteiger partial charge in [-0.2, -0.15) is 0 Å². The minimum absolute atomic E-state index is 0.127. The molecule has 2 aromatic carbocycles. The average molecular weight is 263 g/mol. The summed E-state index contributed by atoms with van der Waals surface area (Å²) in [6.45, 7) is 1.56. The smallest absolute Gasteiger partial charge is 0.134 e. The highest BCUT2D eigenvalue weighted by atomic mass is 35.5. The van der Waals surface area contributed by atoms with Crippen LogP contribution in [0.4, 0.5) is 4.39 Å². The Morgan fingerprint density at radius 2 is 1.83 bits per heavy atom. The fraction of sp³-hybridized carbons (Fsp3) is 0.133. The van der Waals surface area contributed by atoms with E-state index in [1.165, 1.54) is 12.1 Å². The number of ketones is 1. The molecule has 3 heteroatoms. The van der Waals surface area contributed by atoms with Crippen molar-refractivity contribution in [2.45, 2.75) is 13.3 Å². The maximum absolute atomic E-state index is 12.9. The van der Waals surface area contributed by atoms with Gasteiger partial charge in [-0.25, -0.2) is 4.39 Å². The maximum Gasteiger partial charge on any atom is 0.134 e. The van der Waals surface area contributed by atoms with E-state index < -0.39 is 0 Å². The Bertz CT molecular complexity index is 576. The van der Waals surface area contributed by atoms with E-state index in [1.807, 2.05) is 24.3 Å². The van der Waals surface area contributed by atoms with Crippen molar-refractivity contribution >= 4 is 17.4 Å². The molecule has 0 aliphatic heterocycles. The summed E-state index contributed by atoms with van der Waals surface area (Å²) in [5.41, 5.74) is 2.66. The van der Waals surface area contributed by atoms with E-state index in [4.69, 9.17) is 11.6 Å². The van der Waals surface area contributed by atoms with Crippen LogP contribution in [0.15, 0.2) is 42.5 Å². The third kappa shape index (κ3) is 2.96. The van der Waals surface area contributed by atoms with Gasteiger partial charge in [0.25, 0.3) is 0 Å². The SMILES string of the molecule is CC(=O)Cc1ccc(-c2ccc(F)cc2Cl)cc1. The van der Waals surface area contributed by atoms with Gasteiger partial charge in [0.2, 0.25) is 0 Å². The van der Waals surface area contributed by atoms with Crippen LogP contribution in [0.3, 0.4) is 0 Å². The summed E-state index contributed by atoms with van der Waals surface area (Å²) in [5, 5.41) is 0.384. The van der Waals surface area contributed by atoms with E-state index in [1.54, 1.807) is 13.0 Å². The fourth-order valence-electron chi connectivity index (χ4n) is 1.81. The van der Waals surface area contributed by atoms with Crippen LogP contribution >= 0.6 is 11.6 Å². The molecule has 92 valence electrons. The highest BCUT2D eigenvalue weighted by molar-refractivity contribution is 6.33. The predicted molar refractivity (Wildman–Crippen MR) is 71.2 cm³/mol. The summed E-state index contributed by atoms with van der Waals surface area (Å²) in [6, 6.07) is 11.9. The van der Waals surface area contributed by atoms with Crippen molar-refractivity contribution in [2.75, 3.05) is 0 Å². The molecule has 2 rings (SSSR count). The summed E-state index contributed by atoms with van der Waals surface area (Å²) in [6.07, 6.45) is 0.428. The van der Waals surface area contributed by atoms with Gasteiger partial charge < -0.3 is 0 Å². The largest absolute Gasteiger partial charge is 0.300 e. The van der Waals surface area contributed by atoms with Gasteiger partial charge in [0.1, 0.15) is 11.6 Å². The standard InChI is InChI=1S/C15H12ClFO/c1-10(18)8-11-2-4-12(5-3-11)14-7-6-13(17)9-15(14)16/h2-7,9H,8H2,1H3. The second kappa shape index (κ2) is 5.32. The Kier molecular flexibility index (Phi) is 3.78. The van der Waals surface area contributed by atoms with Crippen LogP contribution in [0, 0.1) is 5.82 Å². The Hall–Kier alpha value is -1.67. The summed E-state index contributed by atoms with van der Waals surface area (Å²) in [4.78, 5) is 11.0. The minimum atomic E-state index is -0.350. The van der Waals surface area contributed by atoms with E-state index in [9.17, 15) is 9.18 Å². The fourth-order valence-corrected chi connectivity index (χ4v) is 2.09. The second-order valence-corrected chi connectivity index (χ2v) is 4.61. The van der Waals surface area contributed by atoms with Gasteiger partial charge >= 0.3 is 0 Å². The molecule has 2 aromatic rings. The summed E-state index contributed by atoms with van der Waals surface area (Å²) in [5.74, 6) is -0.223. The number of Topliss-reactive ketones (excluding diaryl/α,β-unsaturated/α-hetero) is 1.